The number of aliphatic hydroxyl groups excluding tert-OH is 2. The van der Waals surface area contributed by atoms with Crippen LogP contribution in [0.3, 0.4) is 0 Å². The lowest BCUT2D eigenvalue weighted by atomic mass is 9.97. The summed E-state index contributed by atoms with van der Waals surface area (Å²) in [5.41, 5.74) is 1.11. The average molecular weight is 253 g/mol. The molecule has 0 amide bonds. The van der Waals surface area contributed by atoms with E-state index in [1.54, 1.807) is 13.0 Å². The zero-order chi connectivity index (χ0) is 13.1. The molecule has 2 rings (SSSR count). The number of hydrogen-bond donors (Lipinski definition) is 2. The largest absolute Gasteiger partial charge is 0.396 e. The molecule has 4 heteroatoms. The quantitative estimate of drug-likeness (QED) is 0.867. The van der Waals surface area contributed by atoms with E-state index in [0.29, 0.717) is 5.56 Å². The molecule has 1 aliphatic rings. The van der Waals surface area contributed by atoms with E-state index >= 15 is 0 Å². The second kappa shape index (κ2) is 5.67. The Morgan fingerprint density at radius 1 is 1.50 bits per heavy atom. The van der Waals surface area contributed by atoms with E-state index in [0.717, 1.165) is 31.6 Å². The molecule has 18 heavy (non-hydrogen) atoms. The molecule has 2 atom stereocenters. The van der Waals surface area contributed by atoms with Crippen LogP contribution in [-0.4, -0.2) is 29.9 Å². The maximum Gasteiger partial charge on any atom is 0.131 e. The summed E-state index contributed by atoms with van der Waals surface area (Å²) in [6.45, 7) is 3.31. The Hall–Kier alpha value is -1.13. The smallest absolute Gasteiger partial charge is 0.131 e. The molecule has 0 bridgehead atoms. The van der Waals surface area contributed by atoms with E-state index in [4.69, 9.17) is 0 Å². The topological polar surface area (TPSA) is 43.7 Å². The highest BCUT2D eigenvalue weighted by Gasteiger charge is 2.23. The Morgan fingerprint density at radius 2 is 2.28 bits per heavy atom. The van der Waals surface area contributed by atoms with Crippen molar-refractivity contribution in [1.82, 2.24) is 0 Å². The lowest BCUT2D eigenvalue weighted by Gasteiger charge is -2.35. The van der Waals surface area contributed by atoms with Crippen LogP contribution < -0.4 is 4.90 Å². The lowest BCUT2D eigenvalue weighted by molar-refractivity contribution is 0.192. The molecular formula is C14H20FNO2. The molecule has 3 nitrogen and oxygen atoms in total. The number of piperidine rings is 1. The summed E-state index contributed by atoms with van der Waals surface area (Å²) in [6, 6.07) is 4.88. The van der Waals surface area contributed by atoms with Gasteiger partial charge in [-0.3, -0.25) is 0 Å². The first-order chi connectivity index (χ1) is 8.63. The van der Waals surface area contributed by atoms with Crippen molar-refractivity contribution in [3.05, 3.63) is 29.6 Å². The number of benzene rings is 1. The molecule has 1 heterocycles. The minimum atomic E-state index is -0.823. The Balaban J connectivity index is 2.29. The van der Waals surface area contributed by atoms with E-state index in [1.807, 2.05) is 6.07 Å². The van der Waals surface area contributed by atoms with Crippen LogP contribution in [0.2, 0.25) is 0 Å². The second-order valence-electron chi connectivity index (χ2n) is 4.99. The molecule has 1 saturated heterocycles. The van der Waals surface area contributed by atoms with E-state index < -0.39 is 6.10 Å². The minimum Gasteiger partial charge on any atom is -0.396 e. The van der Waals surface area contributed by atoms with Crippen LogP contribution in [0.25, 0.3) is 0 Å². The van der Waals surface area contributed by atoms with E-state index in [2.05, 4.69) is 4.90 Å². The third-order valence-corrected chi connectivity index (χ3v) is 3.57. The van der Waals surface area contributed by atoms with Crippen molar-refractivity contribution in [3.8, 4) is 0 Å². The van der Waals surface area contributed by atoms with Crippen molar-refractivity contribution in [2.24, 2.45) is 5.92 Å². The third-order valence-electron chi connectivity index (χ3n) is 3.57. The maximum absolute atomic E-state index is 13.8. The van der Waals surface area contributed by atoms with Crippen LogP contribution in [0, 0.1) is 11.7 Å². The van der Waals surface area contributed by atoms with Gasteiger partial charge in [0.2, 0.25) is 0 Å². The van der Waals surface area contributed by atoms with Gasteiger partial charge in [-0.1, -0.05) is 6.07 Å². The van der Waals surface area contributed by atoms with Crippen molar-refractivity contribution >= 4 is 5.69 Å². The zero-order valence-electron chi connectivity index (χ0n) is 10.6. The maximum atomic E-state index is 13.8. The first-order valence-corrected chi connectivity index (χ1v) is 6.45. The van der Waals surface area contributed by atoms with Gasteiger partial charge in [0, 0.05) is 30.9 Å². The Bertz CT molecular complexity index is 409. The number of aliphatic hydroxyl groups is 2. The lowest BCUT2D eigenvalue weighted by Crippen LogP contribution is -2.37. The van der Waals surface area contributed by atoms with Gasteiger partial charge in [0.1, 0.15) is 5.82 Å². The predicted octanol–water partition coefficient (Wildman–Crippen LogP) is 2.09. The predicted molar refractivity (Wildman–Crippen MR) is 69.1 cm³/mol. The first kappa shape index (κ1) is 13.3. The fraction of sp³-hybridized carbons (Fsp3) is 0.571. The van der Waals surface area contributed by atoms with Gasteiger partial charge in [-0.05, 0) is 37.8 Å². The molecule has 1 aromatic rings. The van der Waals surface area contributed by atoms with Gasteiger partial charge in [-0.15, -0.1) is 0 Å². The van der Waals surface area contributed by atoms with Crippen LogP contribution in [0.4, 0.5) is 10.1 Å². The van der Waals surface area contributed by atoms with Gasteiger partial charge in [-0.25, -0.2) is 4.39 Å². The Kier molecular flexibility index (Phi) is 4.19. The summed E-state index contributed by atoms with van der Waals surface area (Å²) in [7, 11) is 0. The van der Waals surface area contributed by atoms with Crippen molar-refractivity contribution < 1.29 is 14.6 Å². The van der Waals surface area contributed by atoms with Crippen LogP contribution >= 0.6 is 0 Å². The van der Waals surface area contributed by atoms with E-state index in [1.165, 1.54) is 6.07 Å². The molecular weight excluding hydrogens is 233 g/mol. The van der Waals surface area contributed by atoms with Crippen molar-refractivity contribution in [1.29, 1.82) is 0 Å². The summed E-state index contributed by atoms with van der Waals surface area (Å²) < 4.78 is 13.8. The van der Waals surface area contributed by atoms with Gasteiger partial charge in [0.05, 0.1) is 6.10 Å². The highest BCUT2D eigenvalue weighted by molar-refractivity contribution is 5.55. The number of rotatable bonds is 3. The number of hydrogen-bond acceptors (Lipinski definition) is 3. The summed E-state index contributed by atoms with van der Waals surface area (Å²) in [5.74, 6) is -0.127. The normalized spacial score (nSPS) is 22.0. The highest BCUT2D eigenvalue weighted by Crippen LogP contribution is 2.31. The van der Waals surface area contributed by atoms with Gasteiger partial charge in [0.25, 0.3) is 0 Å². The van der Waals surface area contributed by atoms with Crippen molar-refractivity contribution in [2.45, 2.75) is 25.9 Å². The van der Waals surface area contributed by atoms with Crippen LogP contribution in [-0.2, 0) is 0 Å². The third kappa shape index (κ3) is 2.65. The fourth-order valence-corrected chi connectivity index (χ4v) is 2.65. The molecule has 1 fully saturated rings. The van der Waals surface area contributed by atoms with Crippen LogP contribution in [0.5, 0.6) is 0 Å². The van der Waals surface area contributed by atoms with Gasteiger partial charge >= 0.3 is 0 Å². The first-order valence-electron chi connectivity index (χ1n) is 6.45. The molecule has 0 spiro atoms. The molecule has 1 aliphatic heterocycles. The standard InChI is InChI=1S/C14H20FNO2/c1-10(18)14-12(15)5-2-6-13(14)16-7-3-4-11(8-16)9-17/h2,5-6,10-11,17-18H,3-4,7-9H2,1H3. The highest BCUT2D eigenvalue weighted by atomic mass is 19.1. The number of halogens is 1. The summed E-state index contributed by atoms with van der Waals surface area (Å²) in [5, 5.41) is 19.0. The Morgan fingerprint density at radius 3 is 2.94 bits per heavy atom. The molecule has 0 radical (unpaired) electrons. The van der Waals surface area contributed by atoms with Gasteiger partial charge in [-0.2, -0.15) is 0 Å². The molecule has 0 aromatic heterocycles. The minimum absolute atomic E-state index is 0.163. The van der Waals surface area contributed by atoms with Crippen LogP contribution in [0.15, 0.2) is 18.2 Å². The molecule has 0 saturated carbocycles. The molecule has 2 N–H and O–H groups in total. The number of anilines is 1. The van der Waals surface area contributed by atoms with Crippen LogP contribution in [0.1, 0.15) is 31.4 Å². The SMILES string of the molecule is CC(O)c1c(F)cccc1N1CCCC(CO)C1. The zero-order valence-corrected chi connectivity index (χ0v) is 10.6. The average Bonchev–Trinajstić information content (AvgIpc) is 2.38. The molecule has 100 valence electrons. The number of nitrogens with zero attached hydrogens (tertiary/aromatic N) is 1. The molecule has 0 aliphatic carbocycles. The van der Waals surface area contributed by atoms with Gasteiger partial charge in [0.15, 0.2) is 0 Å². The molecule has 1 aromatic carbocycles. The Labute approximate surface area is 107 Å². The van der Waals surface area contributed by atoms with E-state index in [9.17, 15) is 14.6 Å². The summed E-state index contributed by atoms with van der Waals surface area (Å²) in [6.07, 6.45) is 1.17. The second-order valence-corrected chi connectivity index (χ2v) is 4.99. The van der Waals surface area contributed by atoms with Crippen molar-refractivity contribution in [2.75, 3.05) is 24.6 Å². The monoisotopic (exact) mass is 253 g/mol. The fourth-order valence-electron chi connectivity index (χ4n) is 2.65. The molecule has 2 unspecified atom stereocenters. The van der Waals surface area contributed by atoms with E-state index in [-0.39, 0.29) is 18.3 Å². The summed E-state index contributed by atoms with van der Waals surface area (Å²) >= 11 is 0. The summed E-state index contributed by atoms with van der Waals surface area (Å²) in [4.78, 5) is 2.06. The van der Waals surface area contributed by atoms with Gasteiger partial charge < -0.3 is 15.1 Å². The van der Waals surface area contributed by atoms with Crippen molar-refractivity contribution in [3.63, 3.8) is 0 Å².